The first-order chi connectivity index (χ1) is 13.6. The number of amides is 1. The van der Waals surface area contributed by atoms with Crippen LogP contribution in [0.5, 0.6) is 5.75 Å². The first-order valence-electron chi connectivity index (χ1n) is 10.7. The van der Waals surface area contributed by atoms with Crippen molar-refractivity contribution in [3.05, 3.63) is 29.6 Å². The fourth-order valence-electron chi connectivity index (χ4n) is 4.68. The second-order valence-corrected chi connectivity index (χ2v) is 8.78. The van der Waals surface area contributed by atoms with E-state index in [1.54, 1.807) is 12.1 Å². The van der Waals surface area contributed by atoms with E-state index in [0.717, 1.165) is 58.0 Å². The molecule has 0 aliphatic carbocycles. The van der Waals surface area contributed by atoms with Crippen LogP contribution < -0.4 is 15.4 Å². The first-order valence-corrected chi connectivity index (χ1v) is 10.7. The van der Waals surface area contributed by atoms with Gasteiger partial charge in [-0.05, 0) is 62.7 Å². The van der Waals surface area contributed by atoms with Crippen LogP contribution in [0.1, 0.15) is 37.7 Å². The van der Waals surface area contributed by atoms with Crippen LogP contribution in [-0.4, -0.2) is 56.7 Å². The van der Waals surface area contributed by atoms with Crippen LogP contribution in [0.25, 0.3) is 0 Å². The van der Waals surface area contributed by atoms with Gasteiger partial charge in [0.15, 0.2) is 0 Å². The van der Waals surface area contributed by atoms with E-state index in [1.165, 1.54) is 25.3 Å². The predicted molar refractivity (Wildman–Crippen MR) is 107 cm³/mol. The van der Waals surface area contributed by atoms with Crippen molar-refractivity contribution in [3.63, 3.8) is 0 Å². The summed E-state index contributed by atoms with van der Waals surface area (Å²) >= 11 is 0. The van der Waals surface area contributed by atoms with Gasteiger partial charge in [0, 0.05) is 37.7 Å². The highest BCUT2D eigenvalue weighted by atomic mass is 19.1. The first kappa shape index (κ1) is 19.6. The second kappa shape index (κ2) is 8.78. The van der Waals surface area contributed by atoms with Gasteiger partial charge in [0.25, 0.3) is 0 Å². The lowest BCUT2D eigenvalue weighted by molar-refractivity contribution is -0.130. The number of carbonyl (C=O) groups is 1. The summed E-state index contributed by atoms with van der Waals surface area (Å²) < 4.78 is 20.2. The highest BCUT2D eigenvalue weighted by Gasteiger charge is 2.44. The van der Waals surface area contributed by atoms with E-state index >= 15 is 0 Å². The Bertz CT molecular complexity index is 686. The Kier molecular flexibility index (Phi) is 6.16. The summed E-state index contributed by atoms with van der Waals surface area (Å²) in [4.78, 5) is 14.4. The molecule has 0 radical (unpaired) electrons. The Labute approximate surface area is 167 Å². The van der Waals surface area contributed by atoms with Crippen molar-refractivity contribution in [1.82, 2.24) is 15.5 Å². The van der Waals surface area contributed by atoms with Crippen molar-refractivity contribution in [2.45, 2.75) is 38.5 Å². The molecule has 1 aromatic carbocycles. The number of ether oxygens (including phenoxy) is 1. The quantitative estimate of drug-likeness (QED) is 0.703. The van der Waals surface area contributed by atoms with Crippen molar-refractivity contribution in [3.8, 4) is 5.75 Å². The fourth-order valence-corrected chi connectivity index (χ4v) is 4.68. The molecule has 5 nitrogen and oxygen atoms in total. The lowest BCUT2D eigenvalue weighted by atomic mass is 9.81. The van der Waals surface area contributed by atoms with Crippen molar-refractivity contribution in [2.24, 2.45) is 11.3 Å². The smallest absolute Gasteiger partial charge is 0.227 e. The largest absolute Gasteiger partial charge is 0.493 e. The molecule has 154 valence electrons. The van der Waals surface area contributed by atoms with E-state index in [1.807, 2.05) is 4.90 Å². The van der Waals surface area contributed by atoms with Gasteiger partial charge in [-0.3, -0.25) is 4.79 Å². The number of nitrogens with one attached hydrogen (secondary N) is 2. The van der Waals surface area contributed by atoms with Crippen LogP contribution in [0.15, 0.2) is 18.2 Å². The molecule has 0 atom stereocenters. The van der Waals surface area contributed by atoms with Gasteiger partial charge in [0.1, 0.15) is 11.6 Å². The van der Waals surface area contributed by atoms with Crippen LogP contribution >= 0.6 is 0 Å². The average Bonchev–Trinajstić information content (AvgIpc) is 3.15. The summed E-state index contributed by atoms with van der Waals surface area (Å²) in [7, 11) is 0. The summed E-state index contributed by atoms with van der Waals surface area (Å²) in [5.74, 6) is 1.02. The minimum Gasteiger partial charge on any atom is -0.493 e. The molecule has 0 saturated carbocycles. The highest BCUT2D eigenvalue weighted by molar-refractivity contribution is 5.79. The Hall–Kier alpha value is -1.66. The number of rotatable bonds is 7. The van der Waals surface area contributed by atoms with E-state index in [4.69, 9.17) is 4.74 Å². The molecule has 3 aliphatic rings. The molecule has 1 amide bonds. The standard InChI is InChI=1S/C22H32FN3O2/c23-20-13-19(28-11-1-2-17-5-8-24-9-6-17)4-3-18(20)12-21(27)26-10-7-22(16-26)14-25-15-22/h3-4,13,17,24-25H,1-2,5-12,14-16H2. The maximum Gasteiger partial charge on any atom is 0.227 e. The maximum absolute atomic E-state index is 14.5. The van der Waals surface area contributed by atoms with Gasteiger partial charge >= 0.3 is 0 Å². The molecular weight excluding hydrogens is 357 g/mol. The molecule has 6 heteroatoms. The van der Waals surface area contributed by atoms with Gasteiger partial charge in [-0.25, -0.2) is 4.39 Å². The Morgan fingerprint density at radius 2 is 2.07 bits per heavy atom. The summed E-state index contributed by atoms with van der Waals surface area (Å²) in [6, 6.07) is 4.91. The molecule has 0 aromatic heterocycles. The fraction of sp³-hybridized carbons (Fsp3) is 0.682. The molecule has 4 rings (SSSR count). The summed E-state index contributed by atoms with van der Waals surface area (Å²) in [5.41, 5.74) is 0.736. The monoisotopic (exact) mass is 389 g/mol. The number of hydrogen-bond donors (Lipinski definition) is 2. The van der Waals surface area contributed by atoms with E-state index in [0.29, 0.717) is 17.9 Å². The molecule has 3 aliphatic heterocycles. The normalized spacial score (nSPS) is 21.7. The lowest BCUT2D eigenvalue weighted by Crippen LogP contribution is -2.55. The maximum atomic E-state index is 14.5. The Balaban J connectivity index is 1.22. The Morgan fingerprint density at radius 1 is 1.25 bits per heavy atom. The zero-order valence-electron chi connectivity index (χ0n) is 16.6. The van der Waals surface area contributed by atoms with E-state index in [2.05, 4.69) is 10.6 Å². The van der Waals surface area contributed by atoms with E-state index in [9.17, 15) is 9.18 Å². The Morgan fingerprint density at radius 3 is 2.75 bits per heavy atom. The molecular formula is C22H32FN3O2. The number of piperidine rings is 1. The summed E-state index contributed by atoms with van der Waals surface area (Å²) in [5, 5.41) is 6.67. The minimum atomic E-state index is -0.344. The molecule has 1 spiro atoms. The van der Waals surface area contributed by atoms with Crippen molar-refractivity contribution in [2.75, 3.05) is 45.9 Å². The van der Waals surface area contributed by atoms with Crippen molar-refractivity contribution < 1.29 is 13.9 Å². The van der Waals surface area contributed by atoms with Crippen molar-refractivity contribution in [1.29, 1.82) is 0 Å². The third-order valence-corrected chi connectivity index (χ3v) is 6.64. The van der Waals surface area contributed by atoms with Crippen LogP contribution in [0.3, 0.4) is 0 Å². The van der Waals surface area contributed by atoms with E-state index in [-0.39, 0.29) is 23.6 Å². The highest BCUT2D eigenvalue weighted by Crippen LogP contribution is 2.34. The molecule has 28 heavy (non-hydrogen) atoms. The van der Waals surface area contributed by atoms with Gasteiger partial charge in [-0.2, -0.15) is 0 Å². The molecule has 2 N–H and O–H groups in total. The van der Waals surface area contributed by atoms with Crippen molar-refractivity contribution >= 4 is 5.91 Å². The third kappa shape index (κ3) is 4.66. The number of carbonyl (C=O) groups excluding carboxylic acids is 1. The molecule has 1 aromatic rings. The second-order valence-electron chi connectivity index (χ2n) is 8.78. The SMILES string of the molecule is O=C(Cc1ccc(OCCCC2CCNCC2)cc1F)N1CCC2(CNC2)C1. The van der Waals surface area contributed by atoms with Crippen LogP contribution in [0.2, 0.25) is 0 Å². The van der Waals surface area contributed by atoms with Gasteiger partial charge in [-0.15, -0.1) is 0 Å². The van der Waals surface area contributed by atoms with Gasteiger partial charge in [-0.1, -0.05) is 6.07 Å². The molecule has 3 heterocycles. The predicted octanol–water partition coefficient (Wildman–Crippen LogP) is 2.35. The van der Waals surface area contributed by atoms with Crippen LogP contribution in [-0.2, 0) is 11.2 Å². The number of likely N-dealkylation sites (tertiary alicyclic amines) is 1. The van der Waals surface area contributed by atoms with Gasteiger partial charge < -0.3 is 20.3 Å². The average molecular weight is 390 g/mol. The molecule has 0 bridgehead atoms. The van der Waals surface area contributed by atoms with Crippen LogP contribution in [0, 0.1) is 17.2 Å². The summed E-state index contributed by atoms with van der Waals surface area (Å²) in [6.07, 6.45) is 5.84. The van der Waals surface area contributed by atoms with E-state index < -0.39 is 0 Å². The molecule has 3 fully saturated rings. The topological polar surface area (TPSA) is 53.6 Å². The number of hydrogen-bond acceptors (Lipinski definition) is 4. The molecule has 0 unspecified atom stereocenters. The minimum absolute atomic E-state index is 0.0262. The van der Waals surface area contributed by atoms with Crippen LogP contribution in [0.4, 0.5) is 4.39 Å². The third-order valence-electron chi connectivity index (χ3n) is 6.64. The number of halogens is 1. The van der Waals surface area contributed by atoms with Gasteiger partial charge in [0.2, 0.25) is 5.91 Å². The zero-order chi connectivity index (χ0) is 19.4. The van der Waals surface area contributed by atoms with Gasteiger partial charge in [0.05, 0.1) is 13.0 Å². The number of benzene rings is 1. The zero-order valence-corrected chi connectivity index (χ0v) is 16.6. The lowest BCUT2D eigenvalue weighted by Gasteiger charge is -2.39. The number of nitrogens with zero attached hydrogens (tertiary/aromatic N) is 1. The molecule has 3 saturated heterocycles. The summed E-state index contributed by atoms with van der Waals surface area (Å²) in [6.45, 7) is 6.44.